The fourth-order valence-corrected chi connectivity index (χ4v) is 4.65. The molecule has 0 aromatic carbocycles. The van der Waals surface area contributed by atoms with Crippen LogP contribution in [-0.2, 0) is 4.79 Å². The first-order valence-electron chi connectivity index (χ1n) is 10.8. The number of hydrogen-bond acceptors (Lipinski definition) is 6. The smallest absolute Gasteiger partial charge is 0.249 e. The Bertz CT molecular complexity index is 1390. The topological polar surface area (TPSA) is 102 Å². The fourth-order valence-electron chi connectivity index (χ4n) is 4.65. The number of carbonyl (C=O) groups excluding carboxylic acids is 1. The van der Waals surface area contributed by atoms with Gasteiger partial charge in [0.15, 0.2) is 17.1 Å². The Morgan fingerprint density at radius 1 is 1.16 bits per heavy atom. The minimum Gasteiger partial charge on any atom is -0.311 e. The van der Waals surface area contributed by atoms with Crippen molar-refractivity contribution in [3.63, 3.8) is 0 Å². The SMILES string of the molecule is Cc1cn2nc(-c3cc(F)c4nc(NC(=O)C5CCNC6(CC6)C5)nn4c3)cc(C)c2n1. The van der Waals surface area contributed by atoms with E-state index in [9.17, 15) is 9.18 Å². The third-order valence-electron chi connectivity index (χ3n) is 6.50. The largest absolute Gasteiger partial charge is 0.311 e. The number of anilines is 1. The molecule has 1 aliphatic heterocycles. The number of piperidine rings is 1. The van der Waals surface area contributed by atoms with Crippen LogP contribution in [0.2, 0.25) is 0 Å². The van der Waals surface area contributed by atoms with Gasteiger partial charge in [-0.05, 0) is 63.8 Å². The molecule has 10 heteroatoms. The zero-order valence-electron chi connectivity index (χ0n) is 17.9. The van der Waals surface area contributed by atoms with Crippen LogP contribution in [0.3, 0.4) is 0 Å². The first kappa shape index (κ1) is 19.3. The number of imidazole rings is 1. The molecule has 9 nitrogen and oxygen atoms in total. The molecule has 1 saturated carbocycles. The summed E-state index contributed by atoms with van der Waals surface area (Å²) in [4.78, 5) is 21.4. The second-order valence-corrected chi connectivity index (χ2v) is 9.03. The lowest BCUT2D eigenvalue weighted by Gasteiger charge is -2.29. The molecule has 4 aromatic rings. The number of fused-ring (bicyclic) bond motifs is 2. The third-order valence-corrected chi connectivity index (χ3v) is 6.50. The van der Waals surface area contributed by atoms with Crippen LogP contribution in [0.4, 0.5) is 10.3 Å². The quantitative estimate of drug-likeness (QED) is 0.514. The van der Waals surface area contributed by atoms with E-state index in [1.165, 1.54) is 10.6 Å². The highest BCUT2D eigenvalue weighted by Crippen LogP contribution is 2.44. The van der Waals surface area contributed by atoms with Gasteiger partial charge in [0.05, 0.1) is 17.6 Å². The molecule has 2 aliphatic rings. The van der Waals surface area contributed by atoms with Crippen LogP contribution in [0.25, 0.3) is 22.6 Å². The van der Waals surface area contributed by atoms with Crippen molar-refractivity contribution in [2.45, 2.75) is 45.1 Å². The van der Waals surface area contributed by atoms with E-state index < -0.39 is 5.82 Å². The summed E-state index contributed by atoms with van der Waals surface area (Å²) in [6.45, 7) is 4.68. The molecule has 1 aliphatic carbocycles. The molecule has 1 atom stereocenters. The Balaban J connectivity index is 1.30. The van der Waals surface area contributed by atoms with Crippen LogP contribution in [0.5, 0.6) is 0 Å². The summed E-state index contributed by atoms with van der Waals surface area (Å²) in [5, 5.41) is 15.2. The van der Waals surface area contributed by atoms with Crippen LogP contribution in [0.1, 0.15) is 36.9 Å². The highest BCUT2D eigenvalue weighted by Gasteiger charge is 2.47. The molecular weight excluding hydrogens is 411 g/mol. The lowest BCUT2D eigenvalue weighted by molar-refractivity contribution is -0.121. The van der Waals surface area contributed by atoms with Crippen LogP contribution in [0, 0.1) is 25.6 Å². The van der Waals surface area contributed by atoms with Gasteiger partial charge in [-0.3, -0.25) is 10.1 Å². The monoisotopic (exact) mass is 434 g/mol. The van der Waals surface area contributed by atoms with Crippen molar-refractivity contribution in [2.24, 2.45) is 5.92 Å². The number of nitrogens with one attached hydrogen (secondary N) is 2. The Morgan fingerprint density at radius 2 is 1.97 bits per heavy atom. The van der Waals surface area contributed by atoms with Gasteiger partial charge in [-0.15, -0.1) is 5.10 Å². The maximum Gasteiger partial charge on any atom is 0.249 e. The average Bonchev–Trinajstić information content (AvgIpc) is 3.18. The zero-order valence-corrected chi connectivity index (χ0v) is 17.9. The molecule has 1 amide bonds. The molecule has 1 spiro atoms. The van der Waals surface area contributed by atoms with E-state index in [-0.39, 0.29) is 29.0 Å². The Kier molecular flexibility index (Phi) is 4.10. The number of aryl methyl sites for hydroxylation is 2. The highest BCUT2D eigenvalue weighted by atomic mass is 19.1. The lowest BCUT2D eigenvalue weighted by atomic mass is 9.90. The molecule has 1 unspecified atom stereocenters. The molecule has 2 N–H and O–H groups in total. The minimum atomic E-state index is -0.532. The van der Waals surface area contributed by atoms with Gasteiger partial charge < -0.3 is 5.32 Å². The Hall–Kier alpha value is -3.40. The summed E-state index contributed by atoms with van der Waals surface area (Å²) in [5.74, 6) is -0.606. The number of amides is 1. The predicted molar refractivity (Wildman–Crippen MR) is 116 cm³/mol. The molecule has 1 saturated heterocycles. The van der Waals surface area contributed by atoms with E-state index in [0.29, 0.717) is 11.3 Å². The zero-order chi connectivity index (χ0) is 22.0. The average molecular weight is 434 g/mol. The number of nitrogens with zero attached hydrogens (tertiary/aromatic N) is 6. The molecule has 0 bridgehead atoms. The summed E-state index contributed by atoms with van der Waals surface area (Å²) in [6.07, 6.45) is 7.34. The van der Waals surface area contributed by atoms with Crippen molar-refractivity contribution in [3.8, 4) is 11.3 Å². The number of halogens is 1. The van der Waals surface area contributed by atoms with Crippen LogP contribution in [-0.4, -0.2) is 47.2 Å². The second-order valence-electron chi connectivity index (χ2n) is 9.03. The Labute approximate surface area is 183 Å². The van der Waals surface area contributed by atoms with Gasteiger partial charge in [-0.2, -0.15) is 10.1 Å². The molecule has 5 heterocycles. The second kappa shape index (κ2) is 6.80. The van der Waals surface area contributed by atoms with Crippen molar-refractivity contribution < 1.29 is 9.18 Å². The fraction of sp³-hybridized carbons (Fsp3) is 0.409. The summed E-state index contributed by atoms with van der Waals surface area (Å²) >= 11 is 0. The molecule has 164 valence electrons. The molecule has 2 fully saturated rings. The van der Waals surface area contributed by atoms with E-state index in [2.05, 4.69) is 30.8 Å². The highest BCUT2D eigenvalue weighted by molar-refractivity contribution is 5.91. The number of hydrogen-bond donors (Lipinski definition) is 2. The molecule has 32 heavy (non-hydrogen) atoms. The summed E-state index contributed by atoms with van der Waals surface area (Å²) in [6, 6.07) is 3.25. The first-order chi connectivity index (χ1) is 15.4. The maximum atomic E-state index is 14.9. The predicted octanol–water partition coefficient (Wildman–Crippen LogP) is 2.67. The van der Waals surface area contributed by atoms with Gasteiger partial charge in [-0.1, -0.05) is 0 Å². The first-order valence-corrected chi connectivity index (χ1v) is 10.8. The van der Waals surface area contributed by atoms with Gasteiger partial charge in [0.1, 0.15) is 0 Å². The van der Waals surface area contributed by atoms with Gasteiger partial charge in [-0.25, -0.2) is 18.4 Å². The van der Waals surface area contributed by atoms with Gasteiger partial charge >= 0.3 is 0 Å². The number of aromatic nitrogens is 6. The van der Waals surface area contributed by atoms with Crippen LogP contribution >= 0.6 is 0 Å². The third kappa shape index (κ3) is 3.22. The molecule has 6 rings (SSSR count). The van der Waals surface area contributed by atoms with Gasteiger partial charge in [0.25, 0.3) is 0 Å². The van der Waals surface area contributed by atoms with Crippen molar-refractivity contribution in [3.05, 3.63) is 41.6 Å². The van der Waals surface area contributed by atoms with Crippen LogP contribution in [0.15, 0.2) is 24.5 Å². The van der Waals surface area contributed by atoms with E-state index >= 15 is 0 Å². The lowest BCUT2D eigenvalue weighted by Crippen LogP contribution is -2.43. The minimum absolute atomic E-state index is 0.0595. The molecule has 4 aromatic heterocycles. The van der Waals surface area contributed by atoms with E-state index in [1.807, 2.05) is 26.1 Å². The number of carbonyl (C=O) groups is 1. The normalized spacial score (nSPS) is 19.7. The summed E-state index contributed by atoms with van der Waals surface area (Å²) < 4.78 is 17.9. The van der Waals surface area contributed by atoms with E-state index in [0.717, 1.165) is 49.1 Å². The Morgan fingerprint density at radius 3 is 2.78 bits per heavy atom. The van der Waals surface area contributed by atoms with Crippen molar-refractivity contribution >= 4 is 23.1 Å². The van der Waals surface area contributed by atoms with E-state index in [4.69, 9.17) is 0 Å². The van der Waals surface area contributed by atoms with E-state index in [1.54, 1.807) is 10.7 Å². The molecule has 0 radical (unpaired) electrons. The van der Waals surface area contributed by atoms with Crippen molar-refractivity contribution in [1.82, 2.24) is 34.5 Å². The summed E-state index contributed by atoms with van der Waals surface area (Å²) in [5.41, 5.74) is 3.92. The van der Waals surface area contributed by atoms with Gasteiger partial charge in [0.2, 0.25) is 11.9 Å². The van der Waals surface area contributed by atoms with Gasteiger partial charge in [0, 0.05) is 23.2 Å². The maximum absolute atomic E-state index is 14.9. The van der Waals surface area contributed by atoms with Crippen LogP contribution < -0.4 is 10.6 Å². The molecular formula is C22H23FN8O. The van der Waals surface area contributed by atoms with Crippen molar-refractivity contribution in [1.29, 1.82) is 0 Å². The number of pyridine rings is 1. The number of rotatable bonds is 3. The van der Waals surface area contributed by atoms with Crippen molar-refractivity contribution in [2.75, 3.05) is 11.9 Å². The standard InChI is InChI=1S/C22H23FN8O/c1-12-7-17(28-30-10-13(2)25-18(12)30)15-8-16(23)19-26-21(29-31(19)11-15)27-20(32)14-3-6-24-22(9-14)4-5-22/h7-8,10-11,14,24H,3-6,9H2,1-2H3,(H,27,29,32). The summed E-state index contributed by atoms with van der Waals surface area (Å²) in [7, 11) is 0.